The minimum Gasteiger partial charge on any atom is -0.325 e. The van der Waals surface area contributed by atoms with E-state index in [1.165, 1.54) is 0 Å². The van der Waals surface area contributed by atoms with Crippen LogP contribution in [0.25, 0.3) is 0 Å². The standard InChI is InChI=1S/C25H24N4O2/c1-17-7-6-8-18(15-17)22(21-11-4-5-13-26-21)28-24(31)29-14-12-25(16-29)19-9-2-3-10-20(19)27-23(25)30/h2-11,13,15,22H,12,14,16H2,1H3,(H,27,30)(H,28,31). The van der Waals surface area contributed by atoms with Crippen LogP contribution < -0.4 is 10.6 Å². The molecule has 3 amide bonds. The summed E-state index contributed by atoms with van der Waals surface area (Å²) in [4.78, 5) is 32.4. The van der Waals surface area contributed by atoms with E-state index >= 15 is 0 Å². The van der Waals surface area contributed by atoms with Crippen LogP contribution in [-0.2, 0) is 10.2 Å². The van der Waals surface area contributed by atoms with E-state index in [4.69, 9.17) is 0 Å². The maximum atomic E-state index is 13.3. The lowest BCUT2D eigenvalue weighted by Gasteiger charge is -2.25. The van der Waals surface area contributed by atoms with Crippen LogP contribution in [0.3, 0.4) is 0 Å². The lowest BCUT2D eigenvalue weighted by Crippen LogP contribution is -2.44. The second-order valence-corrected chi connectivity index (χ2v) is 8.30. The SMILES string of the molecule is Cc1cccc(C(NC(=O)N2CCC3(C2)C(=O)Nc2ccccc23)c2ccccn2)c1. The van der Waals surface area contributed by atoms with Crippen molar-refractivity contribution in [3.63, 3.8) is 0 Å². The van der Waals surface area contributed by atoms with Gasteiger partial charge in [0.25, 0.3) is 0 Å². The quantitative estimate of drug-likeness (QED) is 0.687. The highest BCUT2D eigenvalue weighted by atomic mass is 16.2. The van der Waals surface area contributed by atoms with Crippen molar-refractivity contribution in [2.24, 2.45) is 0 Å². The number of fused-ring (bicyclic) bond motifs is 2. The highest BCUT2D eigenvalue weighted by Gasteiger charge is 2.52. The van der Waals surface area contributed by atoms with Crippen molar-refractivity contribution in [1.29, 1.82) is 0 Å². The molecule has 0 radical (unpaired) electrons. The third-order valence-corrected chi connectivity index (χ3v) is 6.31. The summed E-state index contributed by atoms with van der Waals surface area (Å²) in [5.74, 6) is -0.0241. The van der Waals surface area contributed by atoms with Gasteiger partial charge in [-0.15, -0.1) is 0 Å². The smallest absolute Gasteiger partial charge is 0.318 e. The zero-order chi connectivity index (χ0) is 21.4. The molecule has 2 aliphatic heterocycles. The van der Waals surface area contributed by atoms with Gasteiger partial charge in [0.05, 0.1) is 17.2 Å². The molecular weight excluding hydrogens is 388 g/mol. The molecule has 2 aromatic carbocycles. The molecule has 1 saturated heterocycles. The van der Waals surface area contributed by atoms with Crippen LogP contribution >= 0.6 is 0 Å². The predicted molar refractivity (Wildman–Crippen MR) is 119 cm³/mol. The van der Waals surface area contributed by atoms with Crippen molar-refractivity contribution in [3.8, 4) is 0 Å². The Morgan fingerprint density at radius 3 is 2.77 bits per heavy atom. The number of hydrogen-bond acceptors (Lipinski definition) is 3. The summed E-state index contributed by atoms with van der Waals surface area (Å²) in [7, 11) is 0. The van der Waals surface area contributed by atoms with Gasteiger partial charge in [0.2, 0.25) is 5.91 Å². The normalized spacial score (nSPS) is 20.4. The molecule has 2 atom stereocenters. The molecule has 0 bridgehead atoms. The summed E-state index contributed by atoms with van der Waals surface area (Å²) in [5.41, 5.74) is 4.03. The van der Waals surface area contributed by atoms with E-state index in [-0.39, 0.29) is 18.0 Å². The van der Waals surface area contributed by atoms with E-state index in [0.29, 0.717) is 19.5 Å². The summed E-state index contributed by atoms with van der Waals surface area (Å²) < 4.78 is 0. The minimum atomic E-state index is -0.669. The Morgan fingerprint density at radius 1 is 1.13 bits per heavy atom. The summed E-state index contributed by atoms with van der Waals surface area (Å²) in [6.07, 6.45) is 2.34. The first-order valence-electron chi connectivity index (χ1n) is 10.5. The lowest BCUT2D eigenvalue weighted by molar-refractivity contribution is -0.120. The van der Waals surface area contributed by atoms with Crippen molar-refractivity contribution in [1.82, 2.24) is 15.2 Å². The highest BCUT2D eigenvalue weighted by Crippen LogP contribution is 2.44. The number of likely N-dealkylation sites (tertiary alicyclic amines) is 1. The maximum absolute atomic E-state index is 13.3. The minimum absolute atomic E-state index is 0.0241. The molecule has 1 spiro atoms. The van der Waals surface area contributed by atoms with Crippen LogP contribution in [0.1, 0.15) is 34.8 Å². The summed E-state index contributed by atoms with van der Waals surface area (Å²) in [6, 6.07) is 21.0. The highest BCUT2D eigenvalue weighted by molar-refractivity contribution is 6.07. The van der Waals surface area contributed by atoms with Gasteiger partial charge in [-0.3, -0.25) is 9.78 Å². The predicted octanol–water partition coefficient (Wildman–Crippen LogP) is 3.78. The Bertz CT molecular complexity index is 1150. The van der Waals surface area contributed by atoms with E-state index in [9.17, 15) is 9.59 Å². The number of urea groups is 1. The molecule has 0 aliphatic carbocycles. The fourth-order valence-corrected chi connectivity index (χ4v) is 4.70. The van der Waals surface area contributed by atoms with Gasteiger partial charge in [0.1, 0.15) is 0 Å². The molecule has 3 aromatic rings. The van der Waals surface area contributed by atoms with E-state index in [1.54, 1.807) is 11.1 Å². The number of nitrogens with one attached hydrogen (secondary N) is 2. The third-order valence-electron chi connectivity index (χ3n) is 6.31. The molecule has 1 fully saturated rings. The number of benzene rings is 2. The molecule has 0 saturated carbocycles. The van der Waals surface area contributed by atoms with E-state index in [1.807, 2.05) is 67.6 Å². The third kappa shape index (κ3) is 3.34. The van der Waals surface area contributed by atoms with Crippen LogP contribution in [0.5, 0.6) is 0 Å². The number of pyridine rings is 1. The number of rotatable bonds is 3. The van der Waals surface area contributed by atoms with Crippen LogP contribution in [0.15, 0.2) is 72.9 Å². The van der Waals surface area contributed by atoms with Crippen molar-refractivity contribution >= 4 is 17.6 Å². The first-order valence-corrected chi connectivity index (χ1v) is 10.5. The zero-order valence-electron chi connectivity index (χ0n) is 17.3. The summed E-state index contributed by atoms with van der Waals surface area (Å²) >= 11 is 0. The number of aryl methyl sites for hydroxylation is 1. The van der Waals surface area contributed by atoms with Gasteiger partial charge in [-0.1, -0.05) is 54.1 Å². The number of para-hydroxylation sites is 1. The molecule has 6 heteroatoms. The summed E-state index contributed by atoms with van der Waals surface area (Å²) in [5, 5.41) is 6.14. The van der Waals surface area contributed by atoms with Gasteiger partial charge >= 0.3 is 6.03 Å². The van der Waals surface area contributed by atoms with Crippen molar-refractivity contribution < 1.29 is 9.59 Å². The average Bonchev–Trinajstić information content (AvgIpc) is 3.36. The van der Waals surface area contributed by atoms with Crippen LogP contribution in [0.4, 0.5) is 10.5 Å². The van der Waals surface area contributed by atoms with Crippen LogP contribution in [0, 0.1) is 6.92 Å². The maximum Gasteiger partial charge on any atom is 0.318 e. The lowest BCUT2D eigenvalue weighted by atomic mass is 9.81. The Hall–Kier alpha value is -3.67. The molecule has 2 N–H and O–H groups in total. The molecule has 2 aliphatic rings. The second kappa shape index (κ2) is 7.54. The van der Waals surface area contributed by atoms with Crippen molar-refractivity contribution in [3.05, 3.63) is 95.3 Å². The number of carbonyl (C=O) groups is 2. The molecular formula is C25H24N4O2. The fraction of sp³-hybridized carbons (Fsp3) is 0.240. The van der Waals surface area contributed by atoms with Gasteiger partial charge in [0.15, 0.2) is 0 Å². The number of carbonyl (C=O) groups excluding carboxylic acids is 2. The summed E-state index contributed by atoms with van der Waals surface area (Å²) in [6.45, 7) is 2.92. The molecule has 3 heterocycles. The largest absolute Gasteiger partial charge is 0.325 e. The van der Waals surface area contributed by atoms with Gasteiger partial charge in [0, 0.05) is 25.0 Å². The van der Waals surface area contributed by atoms with E-state index in [0.717, 1.165) is 28.1 Å². The van der Waals surface area contributed by atoms with Crippen molar-refractivity contribution in [2.75, 3.05) is 18.4 Å². The molecule has 2 unspecified atom stereocenters. The molecule has 6 nitrogen and oxygen atoms in total. The number of anilines is 1. The fourth-order valence-electron chi connectivity index (χ4n) is 4.70. The Labute approximate surface area is 181 Å². The van der Waals surface area contributed by atoms with Gasteiger partial charge in [-0.2, -0.15) is 0 Å². The van der Waals surface area contributed by atoms with Crippen LogP contribution in [0.2, 0.25) is 0 Å². The van der Waals surface area contributed by atoms with E-state index in [2.05, 4.69) is 21.7 Å². The number of aromatic nitrogens is 1. The topological polar surface area (TPSA) is 74.3 Å². The number of hydrogen-bond donors (Lipinski definition) is 2. The van der Waals surface area contributed by atoms with Crippen LogP contribution in [-0.4, -0.2) is 34.9 Å². The first-order chi connectivity index (χ1) is 15.1. The first kappa shape index (κ1) is 19.3. The molecule has 156 valence electrons. The Balaban J connectivity index is 1.40. The Kier molecular flexibility index (Phi) is 4.70. The zero-order valence-corrected chi connectivity index (χ0v) is 17.3. The molecule has 31 heavy (non-hydrogen) atoms. The second-order valence-electron chi connectivity index (χ2n) is 8.30. The molecule has 5 rings (SSSR count). The average molecular weight is 412 g/mol. The molecule has 1 aromatic heterocycles. The number of amides is 3. The monoisotopic (exact) mass is 412 g/mol. The Morgan fingerprint density at radius 2 is 1.97 bits per heavy atom. The van der Waals surface area contributed by atoms with Gasteiger partial charge in [-0.25, -0.2) is 4.79 Å². The van der Waals surface area contributed by atoms with Gasteiger partial charge in [-0.05, 0) is 42.7 Å². The van der Waals surface area contributed by atoms with Crippen molar-refractivity contribution in [2.45, 2.75) is 24.8 Å². The van der Waals surface area contributed by atoms with Gasteiger partial charge < -0.3 is 15.5 Å². The number of nitrogens with zero attached hydrogens (tertiary/aromatic N) is 2. The van der Waals surface area contributed by atoms with E-state index < -0.39 is 5.41 Å².